The summed E-state index contributed by atoms with van der Waals surface area (Å²) in [6, 6.07) is 14.6. The van der Waals surface area contributed by atoms with Crippen molar-refractivity contribution in [3.05, 3.63) is 72.1 Å². The Labute approximate surface area is 135 Å². The molecule has 0 unspecified atom stereocenters. The molecule has 3 rings (SSSR count). The molecule has 4 heteroatoms. The Morgan fingerprint density at radius 3 is 2.78 bits per heavy atom. The van der Waals surface area contributed by atoms with E-state index in [4.69, 9.17) is 0 Å². The van der Waals surface area contributed by atoms with Crippen molar-refractivity contribution in [2.75, 3.05) is 0 Å². The topological polar surface area (TPSA) is 47.8 Å². The van der Waals surface area contributed by atoms with Gasteiger partial charge >= 0.3 is 0 Å². The van der Waals surface area contributed by atoms with Gasteiger partial charge in [0.15, 0.2) is 11.5 Å². The van der Waals surface area contributed by atoms with Crippen LogP contribution in [0.5, 0.6) is 0 Å². The molecule has 0 radical (unpaired) electrons. The zero-order valence-corrected chi connectivity index (χ0v) is 13.2. The summed E-state index contributed by atoms with van der Waals surface area (Å²) in [7, 11) is 0. The van der Waals surface area contributed by atoms with E-state index >= 15 is 0 Å². The molecule has 0 aliphatic carbocycles. The number of Topliss-reactive ketones (excluding diaryl/α,β-unsaturated/α-hetero) is 1. The minimum absolute atomic E-state index is 0.0205. The van der Waals surface area contributed by atoms with Gasteiger partial charge in [-0.2, -0.15) is 0 Å². The molecule has 1 aromatic heterocycles. The average molecular weight is 305 g/mol. The molecule has 0 bridgehead atoms. The molecular formula is C19H19N3O. The van der Waals surface area contributed by atoms with E-state index in [0.29, 0.717) is 25.1 Å². The number of allylic oxidation sites excluding steroid dienone is 1. The van der Waals surface area contributed by atoms with Crippen LogP contribution in [0.3, 0.4) is 0 Å². The SMILES string of the molecule is C=CCCC(=O)c1nnn(Cc2ccc3ccccc3c2)c1C. The second-order valence-corrected chi connectivity index (χ2v) is 5.61. The normalized spacial score (nSPS) is 10.8. The molecule has 0 amide bonds. The van der Waals surface area contributed by atoms with Crippen LogP contribution in [0.2, 0.25) is 0 Å². The Morgan fingerprint density at radius 2 is 2.00 bits per heavy atom. The van der Waals surface area contributed by atoms with E-state index in [1.807, 2.05) is 19.1 Å². The standard InChI is InChI=1S/C19H19N3O/c1-3-4-9-18(23)19-14(2)22(21-20-19)13-15-10-11-16-7-5-6-8-17(16)12-15/h3,5-8,10-12H,1,4,9,13H2,2H3. The van der Waals surface area contributed by atoms with Crippen LogP contribution in [-0.2, 0) is 6.54 Å². The summed E-state index contributed by atoms with van der Waals surface area (Å²) >= 11 is 0. The first-order valence-corrected chi connectivity index (χ1v) is 7.71. The fraction of sp³-hybridized carbons (Fsp3) is 0.211. The number of hydrogen-bond donors (Lipinski definition) is 0. The Morgan fingerprint density at radius 1 is 1.22 bits per heavy atom. The van der Waals surface area contributed by atoms with Crippen molar-refractivity contribution in [1.82, 2.24) is 15.0 Å². The van der Waals surface area contributed by atoms with E-state index in [9.17, 15) is 4.79 Å². The molecule has 1 heterocycles. The molecule has 0 fully saturated rings. The lowest BCUT2D eigenvalue weighted by atomic mass is 10.1. The molecule has 3 aromatic rings. The number of aromatic nitrogens is 3. The van der Waals surface area contributed by atoms with E-state index in [-0.39, 0.29) is 5.78 Å². The van der Waals surface area contributed by atoms with Crippen LogP contribution in [0.1, 0.15) is 34.6 Å². The summed E-state index contributed by atoms with van der Waals surface area (Å²) < 4.78 is 1.78. The summed E-state index contributed by atoms with van der Waals surface area (Å²) in [6.45, 7) is 6.14. The van der Waals surface area contributed by atoms with Crippen LogP contribution < -0.4 is 0 Å². The monoisotopic (exact) mass is 305 g/mol. The molecule has 116 valence electrons. The van der Waals surface area contributed by atoms with E-state index in [2.05, 4.69) is 47.2 Å². The van der Waals surface area contributed by atoms with Gasteiger partial charge in [-0.3, -0.25) is 4.79 Å². The first-order valence-electron chi connectivity index (χ1n) is 7.71. The molecule has 0 saturated carbocycles. The molecular weight excluding hydrogens is 286 g/mol. The van der Waals surface area contributed by atoms with Gasteiger partial charge in [-0.25, -0.2) is 4.68 Å². The van der Waals surface area contributed by atoms with Gasteiger partial charge in [-0.1, -0.05) is 47.7 Å². The molecule has 0 aliphatic heterocycles. The molecule has 0 spiro atoms. The summed E-state index contributed by atoms with van der Waals surface area (Å²) in [5.74, 6) is 0.0205. The number of rotatable bonds is 6. The summed E-state index contributed by atoms with van der Waals surface area (Å²) in [5, 5.41) is 10.6. The van der Waals surface area contributed by atoms with Gasteiger partial charge in [0.05, 0.1) is 12.2 Å². The first kappa shape index (κ1) is 15.2. The fourth-order valence-corrected chi connectivity index (χ4v) is 2.63. The number of hydrogen-bond acceptors (Lipinski definition) is 3. The van der Waals surface area contributed by atoms with E-state index in [1.54, 1.807) is 10.8 Å². The van der Waals surface area contributed by atoms with Crippen molar-refractivity contribution in [2.45, 2.75) is 26.3 Å². The largest absolute Gasteiger partial charge is 0.292 e. The zero-order chi connectivity index (χ0) is 16.2. The third-order valence-electron chi connectivity index (χ3n) is 3.97. The number of benzene rings is 2. The summed E-state index contributed by atoms with van der Waals surface area (Å²) in [6.07, 6.45) is 2.83. The van der Waals surface area contributed by atoms with Gasteiger partial charge in [0.1, 0.15) is 0 Å². The highest BCUT2D eigenvalue weighted by atomic mass is 16.1. The number of ketones is 1. The quantitative estimate of drug-likeness (QED) is 0.512. The Kier molecular flexibility index (Phi) is 4.33. The predicted molar refractivity (Wildman–Crippen MR) is 91.6 cm³/mol. The van der Waals surface area contributed by atoms with Crippen LogP contribution in [0, 0.1) is 6.92 Å². The van der Waals surface area contributed by atoms with Gasteiger partial charge in [-0.15, -0.1) is 11.7 Å². The van der Waals surface area contributed by atoms with Crippen LogP contribution in [0.15, 0.2) is 55.1 Å². The van der Waals surface area contributed by atoms with Crippen molar-refractivity contribution in [2.24, 2.45) is 0 Å². The Hall–Kier alpha value is -2.75. The van der Waals surface area contributed by atoms with Crippen molar-refractivity contribution in [1.29, 1.82) is 0 Å². The predicted octanol–water partition coefficient (Wildman–Crippen LogP) is 3.94. The Balaban J connectivity index is 1.83. The van der Waals surface area contributed by atoms with Crippen LogP contribution in [-0.4, -0.2) is 20.8 Å². The molecule has 0 atom stereocenters. The minimum atomic E-state index is 0.0205. The summed E-state index contributed by atoms with van der Waals surface area (Å²) in [5.41, 5.74) is 2.42. The highest BCUT2D eigenvalue weighted by Crippen LogP contribution is 2.17. The maximum absolute atomic E-state index is 12.1. The lowest BCUT2D eigenvalue weighted by molar-refractivity contribution is 0.0978. The number of carbonyl (C=O) groups excluding carboxylic acids is 1. The highest BCUT2D eigenvalue weighted by molar-refractivity contribution is 5.95. The maximum Gasteiger partial charge on any atom is 0.185 e. The van der Waals surface area contributed by atoms with Gasteiger partial charge in [-0.05, 0) is 35.7 Å². The van der Waals surface area contributed by atoms with Crippen molar-refractivity contribution in [3.63, 3.8) is 0 Å². The lowest BCUT2D eigenvalue weighted by Crippen LogP contribution is -2.06. The van der Waals surface area contributed by atoms with Gasteiger partial charge in [0.25, 0.3) is 0 Å². The van der Waals surface area contributed by atoms with Gasteiger partial charge in [0, 0.05) is 6.42 Å². The van der Waals surface area contributed by atoms with E-state index in [1.165, 1.54) is 10.8 Å². The van der Waals surface area contributed by atoms with Crippen LogP contribution in [0.4, 0.5) is 0 Å². The molecule has 2 aromatic carbocycles. The third kappa shape index (κ3) is 3.21. The Bertz CT molecular complexity index is 864. The molecule has 4 nitrogen and oxygen atoms in total. The molecule has 23 heavy (non-hydrogen) atoms. The fourth-order valence-electron chi connectivity index (χ4n) is 2.63. The van der Waals surface area contributed by atoms with E-state index < -0.39 is 0 Å². The van der Waals surface area contributed by atoms with Crippen molar-refractivity contribution >= 4 is 16.6 Å². The van der Waals surface area contributed by atoms with Gasteiger partial charge in [0.2, 0.25) is 0 Å². The third-order valence-corrected chi connectivity index (χ3v) is 3.97. The summed E-state index contributed by atoms with van der Waals surface area (Å²) in [4.78, 5) is 12.1. The first-order chi connectivity index (χ1) is 11.2. The van der Waals surface area contributed by atoms with E-state index in [0.717, 1.165) is 11.3 Å². The number of nitrogens with zero attached hydrogens (tertiary/aromatic N) is 3. The average Bonchev–Trinajstić information content (AvgIpc) is 2.93. The van der Waals surface area contributed by atoms with Crippen molar-refractivity contribution in [3.8, 4) is 0 Å². The zero-order valence-electron chi connectivity index (χ0n) is 13.2. The number of fused-ring (bicyclic) bond motifs is 1. The van der Waals surface area contributed by atoms with Crippen molar-refractivity contribution < 1.29 is 4.79 Å². The second kappa shape index (κ2) is 6.57. The maximum atomic E-state index is 12.1. The van der Waals surface area contributed by atoms with Crippen LogP contribution >= 0.6 is 0 Å². The molecule has 0 saturated heterocycles. The second-order valence-electron chi connectivity index (χ2n) is 5.61. The number of carbonyl (C=O) groups is 1. The molecule has 0 aliphatic rings. The van der Waals surface area contributed by atoms with Crippen LogP contribution in [0.25, 0.3) is 10.8 Å². The lowest BCUT2D eigenvalue weighted by Gasteiger charge is -2.06. The highest BCUT2D eigenvalue weighted by Gasteiger charge is 2.15. The van der Waals surface area contributed by atoms with Gasteiger partial charge < -0.3 is 0 Å². The molecule has 0 N–H and O–H groups in total. The minimum Gasteiger partial charge on any atom is -0.292 e. The smallest absolute Gasteiger partial charge is 0.185 e.